The Balaban J connectivity index is 2.08. The normalized spacial score (nSPS) is 11.2. The summed E-state index contributed by atoms with van der Waals surface area (Å²) in [5, 5.41) is 16.8. The molecule has 0 aliphatic carbocycles. The number of rotatable bonds is 6. The summed E-state index contributed by atoms with van der Waals surface area (Å²) in [4.78, 5) is 1.99. The lowest BCUT2D eigenvalue weighted by molar-refractivity contribution is 0.185. The van der Waals surface area contributed by atoms with E-state index in [-0.39, 0.29) is 12.4 Å². The van der Waals surface area contributed by atoms with Crippen molar-refractivity contribution in [3.8, 4) is 11.5 Å². The first-order chi connectivity index (χ1) is 9.22. The molecule has 0 fully saturated rings. The predicted molar refractivity (Wildman–Crippen MR) is 67.7 cm³/mol. The van der Waals surface area contributed by atoms with Crippen molar-refractivity contribution in [3.05, 3.63) is 36.0 Å². The van der Waals surface area contributed by atoms with Crippen molar-refractivity contribution >= 4 is 0 Å². The topological polar surface area (TPSA) is 62.4 Å². The fourth-order valence-corrected chi connectivity index (χ4v) is 1.71. The molecular weight excluding hydrogens is 249 g/mol. The third-order valence-electron chi connectivity index (χ3n) is 2.78. The molecule has 0 bridgehead atoms. The highest BCUT2D eigenvalue weighted by Gasteiger charge is 2.11. The van der Waals surface area contributed by atoms with Crippen molar-refractivity contribution in [2.75, 3.05) is 19.7 Å². The average molecular weight is 265 g/mol. The maximum absolute atomic E-state index is 12.8. The minimum Gasteiger partial charge on any atom is -0.419 e. The molecule has 19 heavy (non-hydrogen) atoms. The Bertz CT molecular complexity index is 513. The summed E-state index contributed by atoms with van der Waals surface area (Å²) in [5.74, 6) is 0.549. The minimum absolute atomic E-state index is 0.0901. The average Bonchev–Trinajstić information content (AvgIpc) is 2.87. The van der Waals surface area contributed by atoms with Gasteiger partial charge in [0.15, 0.2) is 0 Å². The number of hydrogen-bond donors (Lipinski definition) is 1. The van der Waals surface area contributed by atoms with Crippen LogP contribution in [0.15, 0.2) is 28.7 Å². The van der Waals surface area contributed by atoms with E-state index in [0.29, 0.717) is 30.4 Å². The summed E-state index contributed by atoms with van der Waals surface area (Å²) in [6.45, 7) is 3.92. The zero-order valence-corrected chi connectivity index (χ0v) is 10.7. The number of aliphatic hydroxyl groups excluding tert-OH is 1. The van der Waals surface area contributed by atoms with Gasteiger partial charge in [-0.15, -0.1) is 10.2 Å². The summed E-state index contributed by atoms with van der Waals surface area (Å²) < 4.78 is 18.3. The van der Waals surface area contributed by atoms with Crippen molar-refractivity contribution in [1.29, 1.82) is 0 Å². The highest BCUT2D eigenvalue weighted by Crippen LogP contribution is 2.18. The van der Waals surface area contributed by atoms with Gasteiger partial charge in [-0.3, -0.25) is 4.90 Å². The van der Waals surface area contributed by atoms with E-state index in [2.05, 4.69) is 10.2 Å². The smallest absolute Gasteiger partial charge is 0.247 e. The molecule has 0 spiro atoms. The van der Waals surface area contributed by atoms with E-state index in [9.17, 15) is 4.39 Å². The van der Waals surface area contributed by atoms with E-state index >= 15 is 0 Å². The van der Waals surface area contributed by atoms with E-state index in [1.807, 2.05) is 11.8 Å². The monoisotopic (exact) mass is 265 g/mol. The van der Waals surface area contributed by atoms with Gasteiger partial charge in [0.05, 0.1) is 13.2 Å². The number of benzene rings is 1. The lowest BCUT2D eigenvalue weighted by atomic mass is 10.2. The van der Waals surface area contributed by atoms with Crippen LogP contribution in [0.25, 0.3) is 11.5 Å². The molecule has 0 unspecified atom stereocenters. The quantitative estimate of drug-likeness (QED) is 0.861. The molecule has 2 aromatic rings. The standard InChI is InChI=1S/C13H16FN3O2/c1-2-17(7-8-18)9-12-15-16-13(19-12)10-3-5-11(14)6-4-10/h3-6,18H,2,7-9H2,1H3. The Morgan fingerprint density at radius 1 is 1.26 bits per heavy atom. The van der Waals surface area contributed by atoms with Crippen LogP contribution in [0.1, 0.15) is 12.8 Å². The molecule has 0 amide bonds. The molecule has 1 aromatic carbocycles. The van der Waals surface area contributed by atoms with Crippen LogP contribution in [0.5, 0.6) is 0 Å². The zero-order chi connectivity index (χ0) is 13.7. The fourth-order valence-electron chi connectivity index (χ4n) is 1.71. The highest BCUT2D eigenvalue weighted by atomic mass is 19.1. The number of hydrogen-bond acceptors (Lipinski definition) is 5. The lowest BCUT2D eigenvalue weighted by Gasteiger charge is -2.15. The molecule has 0 radical (unpaired) electrons. The summed E-state index contributed by atoms with van der Waals surface area (Å²) in [6.07, 6.45) is 0. The molecule has 102 valence electrons. The molecule has 5 nitrogen and oxygen atoms in total. The van der Waals surface area contributed by atoms with E-state index in [4.69, 9.17) is 9.52 Å². The van der Waals surface area contributed by atoms with Crippen LogP contribution < -0.4 is 0 Å². The Morgan fingerprint density at radius 3 is 2.63 bits per heavy atom. The van der Waals surface area contributed by atoms with Crippen molar-refractivity contribution in [2.45, 2.75) is 13.5 Å². The van der Waals surface area contributed by atoms with Crippen molar-refractivity contribution in [1.82, 2.24) is 15.1 Å². The summed E-state index contributed by atoms with van der Waals surface area (Å²) in [7, 11) is 0. The first kappa shape index (κ1) is 13.6. The second-order valence-corrected chi connectivity index (χ2v) is 4.10. The molecule has 2 rings (SSSR count). The maximum Gasteiger partial charge on any atom is 0.247 e. The number of nitrogens with zero attached hydrogens (tertiary/aromatic N) is 3. The first-order valence-corrected chi connectivity index (χ1v) is 6.14. The third kappa shape index (κ3) is 3.59. The molecule has 0 aliphatic rings. The molecule has 0 saturated heterocycles. The minimum atomic E-state index is -0.302. The number of halogens is 1. The summed E-state index contributed by atoms with van der Waals surface area (Å²) >= 11 is 0. The van der Waals surface area contributed by atoms with E-state index in [1.54, 1.807) is 12.1 Å². The first-order valence-electron chi connectivity index (χ1n) is 6.14. The molecule has 6 heteroatoms. The van der Waals surface area contributed by atoms with Crippen LogP contribution in [0, 0.1) is 5.82 Å². The van der Waals surface area contributed by atoms with E-state index in [1.165, 1.54) is 12.1 Å². The van der Waals surface area contributed by atoms with Gasteiger partial charge in [-0.25, -0.2) is 4.39 Å². The molecule has 0 saturated carbocycles. The largest absolute Gasteiger partial charge is 0.419 e. The Kier molecular flexibility index (Phi) is 4.59. The maximum atomic E-state index is 12.8. The highest BCUT2D eigenvalue weighted by molar-refractivity contribution is 5.51. The summed E-state index contributed by atoms with van der Waals surface area (Å²) in [6, 6.07) is 5.89. The van der Waals surface area contributed by atoms with Gasteiger partial charge in [-0.2, -0.15) is 0 Å². The number of aliphatic hydroxyl groups is 1. The Morgan fingerprint density at radius 2 is 2.00 bits per heavy atom. The second kappa shape index (κ2) is 6.40. The Hall–Kier alpha value is -1.79. The van der Waals surface area contributed by atoms with Crippen LogP contribution in [0.3, 0.4) is 0 Å². The second-order valence-electron chi connectivity index (χ2n) is 4.10. The van der Waals surface area contributed by atoms with E-state index in [0.717, 1.165) is 6.54 Å². The van der Waals surface area contributed by atoms with Gasteiger partial charge in [-0.05, 0) is 30.8 Å². The lowest BCUT2D eigenvalue weighted by Crippen LogP contribution is -2.26. The predicted octanol–water partition coefficient (Wildman–Crippen LogP) is 1.69. The zero-order valence-electron chi connectivity index (χ0n) is 10.7. The summed E-state index contributed by atoms with van der Waals surface area (Å²) in [5.41, 5.74) is 0.686. The van der Waals surface area contributed by atoms with Gasteiger partial charge in [0.2, 0.25) is 11.8 Å². The molecule has 1 heterocycles. The van der Waals surface area contributed by atoms with Crippen LogP contribution in [-0.4, -0.2) is 39.9 Å². The fraction of sp³-hybridized carbons (Fsp3) is 0.385. The van der Waals surface area contributed by atoms with Crippen molar-refractivity contribution in [3.63, 3.8) is 0 Å². The van der Waals surface area contributed by atoms with Crippen LogP contribution in [0.2, 0.25) is 0 Å². The van der Waals surface area contributed by atoms with E-state index < -0.39 is 0 Å². The van der Waals surface area contributed by atoms with Gasteiger partial charge < -0.3 is 9.52 Å². The Labute approximate surface area is 110 Å². The van der Waals surface area contributed by atoms with Crippen LogP contribution in [-0.2, 0) is 6.54 Å². The van der Waals surface area contributed by atoms with Gasteiger partial charge in [-0.1, -0.05) is 6.92 Å². The molecule has 1 N–H and O–H groups in total. The third-order valence-corrected chi connectivity index (χ3v) is 2.78. The SMILES string of the molecule is CCN(CCO)Cc1nnc(-c2ccc(F)cc2)o1. The van der Waals surface area contributed by atoms with Gasteiger partial charge in [0.1, 0.15) is 5.82 Å². The van der Waals surface area contributed by atoms with Gasteiger partial charge >= 0.3 is 0 Å². The van der Waals surface area contributed by atoms with Gasteiger partial charge in [0, 0.05) is 12.1 Å². The number of likely N-dealkylation sites (N-methyl/N-ethyl adjacent to an activating group) is 1. The van der Waals surface area contributed by atoms with Crippen molar-refractivity contribution in [2.24, 2.45) is 0 Å². The van der Waals surface area contributed by atoms with Crippen molar-refractivity contribution < 1.29 is 13.9 Å². The molecule has 0 aliphatic heterocycles. The molecular formula is C13H16FN3O2. The number of aromatic nitrogens is 2. The van der Waals surface area contributed by atoms with Crippen LogP contribution >= 0.6 is 0 Å². The van der Waals surface area contributed by atoms with Gasteiger partial charge in [0.25, 0.3) is 0 Å². The molecule has 0 atom stereocenters. The van der Waals surface area contributed by atoms with Crippen LogP contribution in [0.4, 0.5) is 4.39 Å². The molecule has 1 aromatic heterocycles.